The van der Waals surface area contributed by atoms with Gasteiger partial charge in [0, 0.05) is 18.1 Å². The van der Waals surface area contributed by atoms with Crippen LogP contribution in [0, 0.1) is 0 Å². The van der Waals surface area contributed by atoms with Crippen LogP contribution in [0.2, 0.25) is 0 Å². The Kier molecular flexibility index (Phi) is 6.39. The SMILES string of the molecule is C=CCCc1ccc(-c2ccco2)cc1C(=O)c1cc(OC)c(OC)c(OC)c1.[HH]. The Morgan fingerprint density at radius 1 is 1.07 bits per heavy atom. The van der Waals surface area contributed by atoms with E-state index in [1.165, 1.54) is 21.3 Å². The molecule has 0 aliphatic rings. The molecule has 0 N–H and O–H groups in total. The van der Waals surface area contributed by atoms with Crippen LogP contribution in [-0.2, 0) is 6.42 Å². The van der Waals surface area contributed by atoms with Crippen molar-refractivity contribution in [2.75, 3.05) is 21.3 Å². The summed E-state index contributed by atoms with van der Waals surface area (Å²) in [5, 5.41) is 0. The van der Waals surface area contributed by atoms with E-state index in [0.29, 0.717) is 40.6 Å². The molecule has 2 aromatic carbocycles. The van der Waals surface area contributed by atoms with Crippen molar-refractivity contribution >= 4 is 5.78 Å². The molecule has 5 heteroatoms. The molecule has 0 spiro atoms. The number of rotatable bonds is 9. The van der Waals surface area contributed by atoms with Crippen molar-refractivity contribution in [2.45, 2.75) is 12.8 Å². The van der Waals surface area contributed by atoms with E-state index in [4.69, 9.17) is 18.6 Å². The zero-order valence-corrected chi connectivity index (χ0v) is 16.9. The predicted octanol–water partition coefficient (Wildman–Crippen LogP) is 5.57. The number of carbonyl (C=O) groups is 1. The molecule has 5 nitrogen and oxygen atoms in total. The molecule has 0 saturated heterocycles. The third kappa shape index (κ3) is 4.19. The summed E-state index contributed by atoms with van der Waals surface area (Å²) in [4.78, 5) is 13.5. The van der Waals surface area contributed by atoms with Crippen molar-refractivity contribution in [3.8, 4) is 28.6 Å². The fraction of sp³-hybridized carbons (Fsp3) is 0.208. The molecule has 0 saturated carbocycles. The first-order valence-corrected chi connectivity index (χ1v) is 9.25. The van der Waals surface area contributed by atoms with E-state index >= 15 is 0 Å². The minimum absolute atomic E-state index is 0. The van der Waals surface area contributed by atoms with Crippen molar-refractivity contribution in [1.29, 1.82) is 0 Å². The number of hydrogen-bond donors (Lipinski definition) is 0. The third-order valence-electron chi connectivity index (χ3n) is 4.70. The van der Waals surface area contributed by atoms with E-state index in [2.05, 4.69) is 6.58 Å². The van der Waals surface area contributed by atoms with Crippen molar-refractivity contribution in [3.05, 3.63) is 78.1 Å². The summed E-state index contributed by atoms with van der Waals surface area (Å²) in [5.41, 5.74) is 2.85. The Bertz CT molecular complexity index is 983. The summed E-state index contributed by atoms with van der Waals surface area (Å²) in [6.07, 6.45) is 4.94. The zero-order valence-electron chi connectivity index (χ0n) is 16.9. The Morgan fingerprint density at radius 3 is 2.34 bits per heavy atom. The standard InChI is InChI=1S/C24H24O5.H2/c1-5-6-8-16-10-11-17(20-9-7-12-29-20)13-19(16)23(25)18-14-21(26-2)24(28-4)22(15-18)27-3;/h5,7,9-15H,1,6,8H2,2-4H3;1H. The molecule has 0 fully saturated rings. The van der Waals surface area contributed by atoms with E-state index in [1.54, 1.807) is 18.4 Å². The summed E-state index contributed by atoms with van der Waals surface area (Å²) in [6, 6.07) is 12.8. The van der Waals surface area contributed by atoms with E-state index in [9.17, 15) is 4.79 Å². The number of benzene rings is 2. The number of ether oxygens (including phenoxy) is 3. The first-order chi connectivity index (χ1) is 14.1. The Balaban J connectivity index is 0.00000320. The highest BCUT2D eigenvalue weighted by Crippen LogP contribution is 2.39. The summed E-state index contributed by atoms with van der Waals surface area (Å²) in [6.45, 7) is 3.78. The van der Waals surface area contributed by atoms with Gasteiger partial charge in [-0.05, 0) is 48.7 Å². The van der Waals surface area contributed by atoms with Crippen LogP contribution in [0.1, 0.15) is 29.3 Å². The number of hydrogen-bond acceptors (Lipinski definition) is 5. The second-order valence-electron chi connectivity index (χ2n) is 6.42. The van der Waals surface area contributed by atoms with Crippen molar-refractivity contribution in [3.63, 3.8) is 0 Å². The Morgan fingerprint density at radius 2 is 1.79 bits per heavy atom. The highest BCUT2D eigenvalue weighted by Gasteiger charge is 2.20. The van der Waals surface area contributed by atoms with Gasteiger partial charge in [0.1, 0.15) is 5.76 Å². The van der Waals surface area contributed by atoms with Gasteiger partial charge in [0.25, 0.3) is 0 Å². The molecule has 0 aliphatic heterocycles. The smallest absolute Gasteiger partial charge is 0.203 e. The predicted molar refractivity (Wildman–Crippen MR) is 114 cm³/mol. The lowest BCUT2D eigenvalue weighted by Crippen LogP contribution is -2.07. The molecule has 3 rings (SSSR count). The number of ketones is 1. The van der Waals surface area contributed by atoms with E-state index in [0.717, 1.165) is 17.5 Å². The molecule has 0 bridgehead atoms. The molecule has 0 radical (unpaired) electrons. The van der Waals surface area contributed by atoms with Gasteiger partial charge in [-0.15, -0.1) is 6.58 Å². The summed E-state index contributed by atoms with van der Waals surface area (Å²) < 4.78 is 21.7. The topological polar surface area (TPSA) is 57.9 Å². The van der Waals surface area contributed by atoms with Gasteiger partial charge in [-0.2, -0.15) is 0 Å². The van der Waals surface area contributed by atoms with Crippen LogP contribution < -0.4 is 14.2 Å². The largest absolute Gasteiger partial charge is 0.493 e. The maximum atomic E-state index is 13.5. The lowest BCUT2D eigenvalue weighted by Gasteiger charge is -2.15. The zero-order chi connectivity index (χ0) is 20.8. The molecule has 1 heterocycles. The number of methoxy groups -OCH3 is 3. The first-order valence-electron chi connectivity index (χ1n) is 9.25. The van der Waals surface area contributed by atoms with Crippen molar-refractivity contribution in [1.82, 2.24) is 0 Å². The number of aryl methyl sites for hydroxylation is 1. The van der Waals surface area contributed by atoms with Gasteiger partial charge in [0.2, 0.25) is 5.75 Å². The van der Waals surface area contributed by atoms with Crippen LogP contribution in [0.25, 0.3) is 11.3 Å². The Labute approximate surface area is 172 Å². The fourth-order valence-electron chi connectivity index (χ4n) is 3.23. The maximum absolute atomic E-state index is 13.5. The second kappa shape index (κ2) is 9.15. The molecule has 1 aromatic heterocycles. The lowest BCUT2D eigenvalue weighted by atomic mass is 9.93. The van der Waals surface area contributed by atoms with Gasteiger partial charge < -0.3 is 18.6 Å². The second-order valence-corrected chi connectivity index (χ2v) is 6.42. The van der Waals surface area contributed by atoms with Gasteiger partial charge in [-0.25, -0.2) is 0 Å². The molecular weight excluding hydrogens is 368 g/mol. The fourth-order valence-corrected chi connectivity index (χ4v) is 3.23. The highest BCUT2D eigenvalue weighted by molar-refractivity contribution is 6.11. The van der Waals surface area contributed by atoms with Gasteiger partial charge in [0.05, 0.1) is 27.6 Å². The molecule has 0 aliphatic carbocycles. The van der Waals surface area contributed by atoms with Crippen molar-refractivity contribution < 1.29 is 24.8 Å². The Hall–Kier alpha value is -3.47. The normalized spacial score (nSPS) is 10.4. The van der Waals surface area contributed by atoms with Crippen LogP contribution in [0.3, 0.4) is 0 Å². The first kappa shape index (κ1) is 20.3. The number of allylic oxidation sites excluding steroid dienone is 1. The van der Waals surface area contributed by atoms with E-state index < -0.39 is 0 Å². The monoisotopic (exact) mass is 394 g/mol. The van der Waals surface area contributed by atoms with Crippen LogP contribution in [0.5, 0.6) is 17.2 Å². The minimum atomic E-state index is -0.128. The average Bonchev–Trinajstić information content (AvgIpc) is 3.30. The van der Waals surface area contributed by atoms with Gasteiger partial charge >= 0.3 is 0 Å². The molecule has 0 unspecified atom stereocenters. The summed E-state index contributed by atoms with van der Waals surface area (Å²) in [5.74, 6) is 1.90. The average molecular weight is 394 g/mol. The van der Waals surface area contributed by atoms with Crippen LogP contribution in [-0.4, -0.2) is 27.1 Å². The molecule has 29 heavy (non-hydrogen) atoms. The maximum Gasteiger partial charge on any atom is 0.203 e. The molecule has 152 valence electrons. The number of furan rings is 1. The minimum Gasteiger partial charge on any atom is -0.493 e. The van der Waals surface area contributed by atoms with E-state index in [1.807, 2.05) is 36.4 Å². The number of carbonyl (C=O) groups excluding carboxylic acids is 1. The molecule has 0 amide bonds. The van der Waals surface area contributed by atoms with Gasteiger partial charge in [-0.1, -0.05) is 18.2 Å². The van der Waals surface area contributed by atoms with Crippen LogP contribution in [0.4, 0.5) is 0 Å². The van der Waals surface area contributed by atoms with Gasteiger partial charge in [-0.3, -0.25) is 4.79 Å². The highest BCUT2D eigenvalue weighted by atomic mass is 16.5. The lowest BCUT2D eigenvalue weighted by molar-refractivity contribution is 0.103. The molecule has 0 atom stereocenters. The summed E-state index contributed by atoms with van der Waals surface area (Å²) in [7, 11) is 4.58. The molecular formula is C24H26O5. The van der Waals surface area contributed by atoms with E-state index in [-0.39, 0.29) is 7.21 Å². The molecule has 3 aromatic rings. The third-order valence-corrected chi connectivity index (χ3v) is 4.70. The van der Waals surface area contributed by atoms with Crippen molar-refractivity contribution in [2.24, 2.45) is 0 Å². The van der Waals surface area contributed by atoms with Crippen LogP contribution >= 0.6 is 0 Å². The quantitative estimate of drug-likeness (QED) is 0.351. The van der Waals surface area contributed by atoms with Crippen LogP contribution in [0.15, 0.2) is 65.8 Å². The summed E-state index contributed by atoms with van der Waals surface area (Å²) >= 11 is 0. The van der Waals surface area contributed by atoms with Gasteiger partial charge in [0.15, 0.2) is 17.3 Å².